The lowest BCUT2D eigenvalue weighted by Crippen LogP contribution is -2.64. The van der Waals surface area contributed by atoms with Gasteiger partial charge in [-0.1, -0.05) is 30.3 Å². The Morgan fingerprint density at radius 3 is 2.48 bits per heavy atom. The van der Waals surface area contributed by atoms with Crippen LogP contribution in [-0.4, -0.2) is 45.6 Å². The zero-order valence-electron chi connectivity index (χ0n) is 13.8. The molecule has 2 atom stereocenters. The predicted octanol–water partition coefficient (Wildman–Crippen LogP) is 0.819. The third-order valence-electron chi connectivity index (χ3n) is 4.15. The maximum Gasteiger partial charge on any atom is 0.336 e. The summed E-state index contributed by atoms with van der Waals surface area (Å²) in [6.45, 7) is 5.86. The Hall–Kier alpha value is -1.92. The van der Waals surface area contributed by atoms with Crippen molar-refractivity contribution >= 4 is 11.9 Å². The molecule has 0 radical (unpaired) electrons. The maximum absolute atomic E-state index is 12.7. The van der Waals surface area contributed by atoms with Crippen LogP contribution in [-0.2, 0) is 20.9 Å². The second-order valence-electron chi connectivity index (χ2n) is 6.93. The van der Waals surface area contributed by atoms with Gasteiger partial charge in [-0.25, -0.2) is 4.79 Å². The van der Waals surface area contributed by atoms with Gasteiger partial charge in [0.1, 0.15) is 6.61 Å². The molecule has 1 aromatic carbocycles. The Morgan fingerprint density at radius 1 is 1.35 bits per heavy atom. The molecule has 1 fully saturated rings. The van der Waals surface area contributed by atoms with Crippen molar-refractivity contribution in [3.8, 4) is 0 Å². The Balaban J connectivity index is 2.25. The molecule has 6 heteroatoms. The van der Waals surface area contributed by atoms with Crippen molar-refractivity contribution in [1.29, 1.82) is 0 Å². The summed E-state index contributed by atoms with van der Waals surface area (Å²) in [5, 5.41) is 10.0. The highest BCUT2D eigenvalue weighted by Gasteiger charge is 2.59. The first-order valence-electron chi connectivity index (χ1n) is 7.65. The van der Waals surface area contributed by atoms with Crippen molar-refractivity contribution in [3.05, 3.63) is 35.9 Å². The molecule has 0 unspecified atom stereocenters. The lowest BCUT2D eigenvalue weighted by atomic mass is 9.90. The number of likely N-dealkylation sites (tertiary alicyclic amines) is 1. The quantitative estimate of drug-likeness (QED) is 0.633. The van der Waals surface area contributed by atoms with E-state index in [9.17, 15) is 14.7 Å². The van der Waals surface area contributed by atoms with Crippen LogP contribution in [0, 0.1) is 0 Å². The normalized spacial score (nSPS) is 25.3. The number of aliphatic hydroxyl groups excluding tert-OH is 1. The zero-order valence-corrected chi connectivity index (χ0v) is 13.8. The molecule has 1 aliphatic rings. The molecule has 0 aromatic heterocycles. The summed E-state index contributed by atoms with van der Waals surface area (Å²) < 4.78 is 5.36. The van der Waals surface area contributed by atoms with Crippen LogP contribution in [0.2, 0.25) is 0 Å². The van der Waals surface area contributed by atoms with Gasteiger partial charge in [-0.2, -0.15) is 0 Å². The maximum atomic E-state index is 12.7. The molecule has 1 heterocycles. The van der Waals surface area contributed by atoms with Gasteiger partial charge < -0.3 is 15.6 Å². The number of hydrogen-bond acceptors (Lipinski definition) is 5. The molecule has 126 valence electrons. The van der Waals surface area contributed by atoms with Crippen LogP contribution >= 0.6 is 0 Å². The highest BCUT2D eigenvalue weighted by Crippen LogP contribution is 2.37. The Kier molecular flexibility index (Phi) is 4.77. The number of hydrogen-bond donors (Lipinski definition) is 2. The minimum atomic E-state index is -1.63. The standard InChI is InChI=1S/C17H24N2O4/c1-16(2,3)19-10-13(20)9-17(19,14(18)21)15(22)23-11-12-7-5-4-6-8-12/h4-8,13,20H,9-11H2,1-3H3,(H2,18,21)/t13-,17+/m1/s1. The summed E-state index contributed by atoms with van der Waals surface area (Å²) in [4.78, 5) is 26.5. The fraction of sp³-hybridized carbons (Fsp3) is 0.529. The van der Waals surface area contributed by atoms with Crippen molar-refractivity contribution in [2.45, 2.75) is 51.0 Å². The van der Waals surface area contributed by atoms with Crippen LogP contribution in [0.3, 0.4) is 0 Å². The van der Waals surface area contributed by atoms with Gasteiger partial charge in [0.25, 0.3) is 0 Å². The van der Waals surface area contributed by atoms with Crippen molar-refractivity contribution in [2.24, 2.45) is 5.73 Å². The molecular formula is C17H24N2O4. The molecule has 1 aliphatic heterocycles. The van der Waals surface area contributed by atoms with E-state index in [0.29, 0.717) is 0 Å². The van der Waals surface area contributed by atoms with Crippen LogP contribution in [0.1, 0.15) is 32.8 Å². The molecule has 23 heavy (non-hydrogen) atoms. The van der Waals surface area contributed by atoms with Crippen molar-refractivity contribution in [2.75, 3.05) is 6.54 Å². The average Bonchev–Trinajstić information content (AvgIpc) is 2.85. The number of aliphatic hydroxyl groups is 1. The Morgan fingerprint density at radius 2 is 1.96 bits per heavy atom. The van der Waals surface area contributed by atoms with E-state index in [4.69, 9.17) is 10.5 Å². The van der Waals surface area contributed by atoms with Gasteiger partial charge in [0, 0.05) is 18.5 Å². The molecule has 0 bridgehead atoms. The van der Waals surface area contributed by atoms with Crippen LogP contribution in [0.25, 0.3) is 0 Å². The monoisotopic (exact) mass is 320 g/mol. The predicted molar refractivity (Wildman–Crippen MR) is 85.2 cm³/mol. The van der Waals surface area contributed by atoms with E-state index < -0.39 is 29.1 Å². The summed E-state index contributed by atoms with van der Waals surface area (Å²) >= 11 is 0. The van der Waals surface area contributed by atoms with E-state index in [1.54, 1.807) is 4.90 Å². The molecule has 0 aliphatic carbocycles. The Labute approximate surface area is 136 Å². The van der Waals surface area contributed by atoms with Gasteiger partial charge in [0.15, 0.2) is 0 Å². The molecule has 1 amide bonds. The van der Waals surface area contributed by atoms with Crippen LogP contribution in [0.15, 0.2) is 30.3 Å². The number of benzene rings is 1. The van der Waals surface area contributed by atoms with Gasteiger partial charge in [-0.05, 0) is 26.3 Å². The second kappa shape index (κ2) is 6.29. The van der Waals surface area contributed by atoms with E-state index >= 15 is 0 Å². The van der Waals surface area contributed by atoms with Gasteiger partial charge in [0.2, 0.25) is 11.4 Å². The largest absolute Gasteiger partial charge is 0.459 e. The first kappa shape index (κ1) is 17.4. The fourth-order valence-corrected chi connectivity index (χ4v) is 3.10. The first-order valence-corrected chi connectivity index (χ1v) is 7.65. The van der Waals surface area contributed by atoms with E-state index in [1.165, 1.54) is 0 Å². The minimum Gasteiger partial charge on any atom is -0.459 e. The summed E-state index contributed by atoms with van der Waals surface area (Å²) in [6.07, 6.45) is -0.848. The minimum absolute atomic E-state index is 0.0484. The number of rotatable bonds is 4. The molecule has 3 N–H and O–H groups in total. The second-order valence-corrected chi connectivity index (χ2v) is 6.93. The molecular weight excluding hydrogens is 296 g/mol. The van der Waals surface area contributed by atoms with E-state index in [2.05, 4.69) is 0 Å². The number of nitrogens with zero attached hydrogens (tertiary/aromatic N) is 1. The highest BCUT2D eigenvalue weighted by atomic mass is 16.5. The van der Waals surface area contributed by atoms with Crippen LogP contribution in [0.4, 0.5) is 0 Å². The van der Waals surface area contributed by atoms with Crippen molar-refractivity contribution in [1.82, 2.24) is 4.90 Å². The number of amides is 1. The number of esters is 1. The average molecular weight is 320 g/mol. The molecule has 0 saturated carbocycles. The fourth-order valence-electron chi connectivity index (χ4n) is 3.10. The van der Waals surface area contributed by atoms with Crippen molar-refractivity contribution in [3.63, 3.8) is 0 Å². The number of nitrogens with two attached hydrogens (primary N) is 1. The first-order chi connectivity index (χ1) is 10.7. The lowest BCUT2D eigenvalue weighted by Gasteiger charge is -2.41. The Bertz CT molecular complexity index is 582. The number of β-amino-alcohol motifs (C(OH)–C–C–N with tert-alkyl or cyclic N) is 1. The van der Waals surface area contributed by atoms with Gasteiger partial charge >= 0.3 is 5.97 Å². The summed E-state index contributed by atoms with van der Waals surface area (Å²) in [6, 6.07) is 9.21. The summed E-state index contributed by atoms with van der Waals surface area (Å²) in [5.74, 6) is -1.50. The molecule has 0 spiro atoms. The summed E-state index contributed by atoms with van der Waals surface area (Å²) in [5.41, 5.74) is 4.23. The number of ether oxygens (including phenoxy) is 1. The molecule has 1 saturated heterocycles. The number of carbonyl (C=O) groups excluding carboxylic acids is 2. The lowest BCUT2D eigenvalue weighted by molar-refractivity contribution is -0.166. The van der Waals surface area contributed by atoms with E-state index in [0.717, 1.165) is 5.56 Å². The van der Waals surface area contributed by atoms with Gasteiger partial charge in [-0.3, -0.25) is 9.69 Å². The molecule has 1 aromatic rings. The molecule has 6 nitrogen and oxygen atoms in total. The van der Waals surface area contributed by atoms with Gasteiger partial charge in [0.05, 0.1) is 6.10 Å². The third-order valence-corrected chi connectivity index (χ3v) is 4.15. The smallest absolute Gasteiger partial charge is 0.336 e. The summed E-state index contributed by atoms with van der Waals surface area (Å²) in [7, 11) is 0. The number of carbonyl (C=O) groups is 2. The number of primary amides is 1. The zero-order chi connectivity index (χ0) is 17.3. The van der Waals surface area contributed by atoms with E-state index in [-0.39, 0.29) is 19.6 Å². The third kappa shape index (κ3) is 3.38. The van der Waals surface area contributed by atoms with Crippen LogP contribution in [0.5, 0.6) is 0 Å². The molecule has 2 rings (SSSR count). The van der Waals surface area contributed by atoms with E-state index in [1.807, 2.05) is 51.1 Å². The van der Waals surface area contributed by atoms with Gasteiger partial charge in [-0.15, -0.1) is 0 Å². The van der Waals surface area contributed by atoms with Crippen LogP contribution < -0.4 is 5.73 Å². The highest BCUT2D eigenvalue weighted by molar-refractivity contribution is 6.07. The SMILES string of the molecule is CC(C)(C)N1C[C@H](O)C[C@]1(C(N)=O)C(=O)OCc1ccccc1. The van der Waals surface area contributed by atoms with Crippen molar-refractivity contribution < 1.29 is 19.4 Å². The topological polar surface area (TPSA) is 92.9 Å².